The third kappa shape index (κ3) is 2.99. The van der Waals surface area contributed by atoms with Gasteiger partial charge in [-0.25, -0.2) is 8.42 Å². The van der Waals surface area contributed by atoms with Crippen molar-refractivity contribution < 1.29 is 8.42 Å². The summed E-state index contributed by atoms with van der Waals surface area (Å²) in [6.07, 6.45) is 1.66. The minimum atomic E-state index is -3.35. The Labute approximate surface area is 115 Å². The Balaban J connectivity index is 2.19. The molecule has 106 valence electrons. The number of piperidine rings is 1. The molecule has 0 spiro atoms. The number of sulfonamides is 1. The molecule has 0 radical (unpaired) electrons. The third-order valence-corrected chi connectivity index (χ3v) is 5.94. The zero-order valence-corrected chi connectivity index (χ0v) is 12.4. The molecule has 4 nitrogen and oxygen atoms in total. The van der Waals surface area contributed by atoms with E-state index in [1.54, 1.807) is 22.5 Å². The van der Waals surface area contributed by atoms with Gasteiger partial charge in [-0.2, -0.15) is 4.31 Å². The molecule has 1 aromatic carbocycles. The van der Waals surface area contributed by atoms with Gasteiger partial charge in [-0.15, -0.1) is 0 Å². The van der Waals surface area contributed by atoms with Gasteiger partial charge in [0, 0.05) is 13.1 Å². The largest absolute Gasteiger partial charge is 0.330 e. The second kappa shape index (κ2) is 5.23. The number of aryl methyl sites for hydroxylation is 1. The van der Waals surface area contributed by atoms with Crippen molar-refractivity contribution in [3.8, 4) is 0 Å². The Kier molecular flexibility index (Phi) is 3.99. The number of benzene rings is 1. The van der Waals surface area contributed by atoms with E-state index in [-0.39, 0.29) is 5.41 Å². The van der Waals surface area contributed by atoms with Crippen LogP contribution in [0.3, 0.4) is 0 Å². The summed E-state index contributed by atoms with van der Waals surface area (Å²) < 4.78 is 26.6. The molecule has 1 saturated heterocycles. The lowest BCUT2D eigenvalue weighted by Gasteiger charge is -2.37. The minimum absolute atomic E-state index is 0.0820. The van der Waals surface area contributed by atoms with Crippen LogP contribution in [0.2, 0.25) is 0 Å². The van der Waals surface area contributed by atoms with E-state index in [1.165, 1.54) is 0 Å². The zero-order chi connectivity index (χ0) is 14.1. The Morgan fingerprint density at radius 3 is 2.47 bits per heavy atom. The number of rotatable bonds is 3. The zero-order valence-electron chi connectivity index (χ0n) is 11.6. The fourth-order valence-corrected chi connectivity index (χ4v) is 3.94. The van der Waals surface area contributed by atoms with E-state index < -0.39 is 10.0 Å². The average molecular weight is 282 g/mol. The van der Waals surface area contributed by atoms with Crippen molar-refractivity contribution in [3.05, 3.63) is 29.8 Å². The van der Waals surface area contributed by atoms with Crippen molar-refractivity contribution in [2.45, 2.75) is 31.6 Å². The van der Waals surface area contributed by atoms with Gasteiger partial charge < -0.3 is 5.73 Å². The summed E-state index contributed by atoms with van der Waals surface area (Å²) in [6.45, 7) is 5.77. The maximum Gasteiger partial charge on any atom is 0.243 e. The highest BCUT2D eigenvalue weighted by molar-refractivity contribution is 7.89. The van der Waals surface area contributed by atoms with Crippen molar-refractivity contribution in [1.29, 1.82) is 0 Å². The van der Waals surface area contributed by atoms with Gasteiger partial charge in [-0.3, -0.25) is 0 Å². The van der Waals surface area contributed by atoms with Crippen molar-refractivity contribution in [3.63, 3.8) is 0 Å². The lowest BCUT2D eigenvalue weighted by Crippen LogP contribution is -2.44. The van der Waals surface area contributed by atoms with Gasteiger partial charge in [0.25, 0.3) is 0 Å². The lowest BCUT2D eigenvalue weighted by atomic mass is 9.81. The topological polar surface area (TPSA) is 63.4 Å². The SMILES string of the molecule is Cc1cccc(S(=O)(=O)N2CCC(C)(CN)CC2)c1. The predicted molar refractivity (Wildman–Crippen MR) is 76.3 cm³/mol. The fraction of sp³-hybridized carbons (Fsp3) is 0.571. The smallest absolute Gasteiger partial charge is 0.243 e. The Morgan fingerprint density at radius 2 is 1.95 bits per heavy atom. The van der Waals surface area contributed by atoms with Crippen LogP contribution in [0.4, 0.5) is 0 Å². The van der Waals surface area contributed by atoms with Crippen molar-refractivity contribution in [2.75, 3.05) is 19.6 Å². The van der Waals surface area contributed by atoms with Crippen molar-refractivity contribution in [2.24, 2.45) is 11.1 Å². The van der Waals surface area contributed by atoms with Crippen LogP contribution in [0.1, 0.15) is 25.3 Å². The molecule has 0 bridgehead atoms. The van der Waals surface area contributed by atoms with Gasteiger partial charge in [-0.1, -0.05) is 19.1 Å². The molecule has 2 rings (SSSR count). The maximum atomic E-state index is 12.5. The first-order valence-corrected chi connectivity index (χ1v) is 8.08. The Morgan fingerprint density at radius 1 is 1.32 bits per heavy atom. The molecule has 1 fully saturated rings. The summed E-state index contributed by atoms with van der Waals surface area (Å²) in [7, 11) is -3.35. The van der Waals surface area contributed by atoms with Crippen LogP contribution in [-0.4, -0.2) is 32.4 Å². The molecule has 0 saturated carbocycles. The molecule has 0 amide bonds. The Bertz CT molecular complexity index is 546. The van der Waals surface area contributed by atoms with Crippen LogP contribution in [0.25, 0.3) is 0 Å². The molecule has 0 aromatic heterocycles. The summed E-state index contributed by atoms with van der Waals surface area (Å²) in [6, 6.07) is 7.09. The molecule has 5 heteroatoms. The highest BCUT2D eigenvalue weighted by atomic mass is 32.2. The molecule has 0 unspecified atom stereocenters. The molecule has 1 heterocycles. The summed E-state index contributed by atoms with van der Waals surface area (Å²) in [5.41, 5.74) is 6.80. The van der Waals surface area contributed by atoms with Crippen molar-refractivity contribution >= 4 is 10.0 Å². The molecular formula is C14H22N2O2S. The van der Waals surface area contributed by atoms with E-state index in [1.807, 2.05) is 13.0 Å². The second-order valence-corrected chi connectivity index (χ2v) is 7.67. The van der Waals surface area contributed by atoms with Gasteiger partial charge in [0.2, 0.25) is 10.0 Å². The first-order valence-electron chi connectivity index (χ1n) is 6.64. The second-order valence-electron chi connectivity index (χ2n) is 5.74. The number of nitrogens with zero attached hydrogens (tertiary/aromatic N) is 1. The summed E-state index contributed by atoms with van der Waals surface area (Å²) in [5, 5.41) is 0. The third-order valence-electron chi connectivity index (χ3n) is 4.05. The van der Waals surface area contributed by atoms with E-state index in [0.717, 1.165) is 18.4 Å². The lowest BCUT2D eigenvalue weighted by molar-refractivity contribution is 0.183. The van der Waals surface area contributed by atoms with Gasteiger partial charge >= 0.3 is 0 Å². The van der Waals surface area contributed by atoms with Crippen LogP contribution in [0, 0.1) is 12.3 Å². The number of nitrogens with two attached hydrogens (primary N) is 1. The van der Waals surface area contributed by atoms with E-state index in [4.69, 9.17) is 5.73 Å². The monoisotopic (exact) mass is 282 g/mol. The Hall–Kier alpha value is -0.910. The predicted octanol–water partition coefficient (Wildman–Crippen LogP) is 1.74. The van der Waals surface area contributed by atoms with Crippen LogP contribution in [-0.2, 0) is 10.0 Å². The fourth-order valence-electron chi connectivity index (χ4n) is 2.40. The first kappa shape index (κ1) is 14.5. The molecule has 0 atom stereocenters. The summed E-state index contributed by atoms with van der Waals surface area (Å²) >= 11 is 0. The van der Waals surface area contributed by atoms with E-state index in [9.17, 15) is 8.42 Å². The van der Waals surface area contributed by atoms with Gasteiger partial charge in [-0.05, 0) is 49.4 Å². The van der Waals surface area contributed by atoms with Crippen molar-refractivity contribution in [1.82, 2.24) is 4.31 Å². The molecule has 2 N–H and O–H groups in total. The average Bonchev–Trinajstić information content (AvgIpc) is 2.39. The summed E-state index contributed by atoms with van der Waals surface area (Å²) in [5.74, 6) is 0. The highest BCUT2D eigenvalue weighted by Gasteiger charge is 2.34. The van der Waals surface area contributed by atoms with E-state index in [2.05, 4.69) is 6.92 Å². The van der Waals surface area contributed by atoms with Crippen LogP contribution < -0.4 is 5.73 Å². The summed E-state index contributed by atoms with van der Waals surface area (Å²) in [4.78, 5) is 0.392. The van der Waals surface area contributed by atoms with Gasteiger partial charge in [0.15, 0.2) is 0 Å². The standard InChI is InChI=1S/C14H22N2O2S/c1-12-4-3-5-13(10-12)19(17,18)16-8-6-14(2,11-15)7-9-16/h3-5,10H,6-9,11,15H2,1-2H3. The van der Waals surface area contributed by atoms with E-state index >= 15 is 0 Å². The van der Waals surface area contributed by atoms with Crippen LogP contribution in [0.15, 0.2) is 29.2 Å². The van der Waals surface area contributed by atoms with Crippen LogP contribution in [0.5, 0.6) is 0 Å². The highest BCUT2D eigenvalue weighted by Crippen LogP contribution is 2.32. The quantitative estimate of drug-likeness (QED) is 0.918. The normalized spacial score (nSPS) is 20.4. The maximum absolute atomic E-state index is 12.5. The molecule has 1 aliphatic rings. The van der Waals surface area contributed by atoms with Gasteiger partial charge in [0.1, 0.15) is 0 Å². The molecule has 1 aromatic rings. The van der Waals surface area contributed by atoms with Crippen LogP contribution >= 0.6 is 0 Å². The molecule has 0 aliphatic carbocycles. The van der Waals surface area contributed by atoms with E-state index in [0.29, 0.717) is 24.5 Å². The number of hydrogen-bond acceptors (Lipinski definition) is 3. The van der Waals surface area contributed by atoms with Gasteiger partial charge in [0.05, 0.1) is 4.90 Å². The first-order chi connectivity index (χ1) is 8.87. The molecule has 19 heavy (non-hydrogen) atoms. The molecule has 1 aliphatic heterocycles. The molecular weight excluding hydrogens is 260 g/mol. The minimum Gasteiger partial charge on any atom is -0.330 e. The number of hydrogen-bond donors (Lipinski definition) is 1.